The van der Waals surface area contributed by atoms with Gasteiger partial charge in [-0.3, -0.25) is 0 Å². The molecule has 0 saturated heterocycles. The first-order valence-corrected chi connectivity index (χ1v) is 13.2. The summed E-state index contributed by atoms with van der Waals surface area (Å²) in [5, 5.41) is 2.41. The Labute approximate surface area is 194 Å². The van der Waals surface area contributed by atoms with Crippen LogP contribution in [0.4, 0.5) is 0 Å². The van der Waals surface area contributed by atoms with Gasteiger partial charge in [0.2, 0.25) is 0 Å². The van der Waals surface area contributed by atoms with E-state index in [0.717, 1.165) is 12.8 Å². The fourth-order valence-corrected chi connectivity index (χ4v) is 8.84. The van der Waals surface area contributed by atoms with E-state index in [2.05, 4.69) is 99.5 Å². The molecule has 0 fully saturated rings. The van der Waals surface area contributed by atoms with Crippen LogP contribution < -0.4 is 10.4 Å². The highest BCUT2D eigenvalue weighted by molar-refractivity contribution is 6.99. The molecule has 0 radical (unpaired) electrons. The topological polar surface area (TPSA) is 18.5 Å². The van der Waals surface area contributed by atoms with Crippen molar-refractivity contribution in [3.63, 3.8) is 0 Å². The van der Waals surface area contributed by atoms with Crippen molar-refractivity contribution in [3.8, 4) is 12.3 Å². The summed E-state index contributed by atoms with van der Waals surface area (Å²) < 4.78 is 12.9. The molecular formula is C29H34O2Si. The van der Waals surface area contributed by atoms with Gasteiger partial charge in [0.25, 0.3) is 8.32 Å². The zero-order valence-corrected chi connectivity index (χ0v) is 20.5. The lowest BCUT2D eigenvalue weighted by Crippen LogP contribution is -2.67. The van der Waals surface area contributed by atoms with Crippen LogP contribution in [0, 0.1) is 12.3 Å². The molecule has 0 aromatic heterocycles. The molecule has 0 amide bonds. The zero-order valence-electron chi connectivity index (χ0n) is 19.5. The summed E-state index contributed by atoms with van der Waals surface area (Å²) in [5.74, 6) is 2.93. The molecule has 166 valence electrons. The molecule has 0 spiro atoms. The van der Waals surface area contributed by atoms with Gasteiger partial charge in [-0.05, 0) is 33.8 Å². The molecule has 0 unspecified atom stereocenters. The van der Waals surface area contributed by atoms with Crippen LogP contribution in [0.15, 0.2) is 91.0 Å². The third kappa shape index (κ3) is 5.78. The number of hydrogen-bond acceptors (Lipinski definition) is 2. The summed E-state index contributed by atoms with van der Waals surface area (Å²) in [7, 11) is -2.64. The SMILES string of the molecule is C#C[C@@H](CCCOCc1ccccc1)O[Si](c1ccccc1)(c1ccccc1)C(C)(C)C. The molecule has 0 saturated carbocycles. The Morgan fingerprint density at radius 2 is 1.31 bits per heavy atom. The Hall–Kier alpha value is -2.64. The Morgan fingerprint density at radius 1 is 0.812 bits per heavy atom. The van der Waals surface area contributed by atoms with Gasteiger partial charge < -0.3 is 9.16 Å². The van der Waals surface area contributed by atoms with Crippen LogP contribution in [0.3, 0.4) is 0 Å². The van der Waals surface area contributed by atoms with Crippen molar-refractivity contribution in [2.24, 2.45) is 0 Å². The monoisotopic (exact) mass is 442 g/mol. The second-order valence-electron chi connectivity index (χ2n) is 9.12. The van der Waals surface area contributed by atoms with E-state index in [4.69, 9.17) is 15.6 Å². The third-order valence-corrected chi connectivity index (χ3v) is 10.8. The molecule has 0 bridgehead atoms. The second kappa shape index (κ2) is 11.3. The van der Waals surface area contributed by atoms with Gasteiger partial charge in [0.1, 0.15) is 6.10 Å². The molecule has 1 atom stereocenters. The molecule has 2 nitrogen and oxygen atoms in total. The second-order valence-corrected chi connectivity index (χ2v) is 13.4. The van der Waals surface area contributed by atoms with Crippen LogP contribution >= 0.6 is 0 Å². The van der Waals surface area contributed by atoms with E-state index < -0.39 is 8.32 Å². The van der Waals surface area contributed by atoms with Crippen LogP contribution in [0.25, 0.3) is 0 Å². The standard InChI is InChI=1S/C29H34O2Si/c1-5-26(18-15-23-30-24-25-16-9-6-10-17-25)31-32(29(2,3)4,27-19-11-7-12-20-27)28-21-13-8-14-22-28/h1,6-14,16-17,19-22,26H,15,18,23-24H2,2-4H3/t26-/m0/s1. The Kier molecular flexibility index (Phi) is 8.47. The molecular weight excluding hydrogens is 408 g/mol. The molecule has 0 aliphatic heterocycles. The van der Waals surface area contributed by atoms with Gasteiger partial charge in [-0.2, -0.15) is 0 Å². The molecule has 3 heteroatoms. The van der Waals surface area contributed by atoms with Crippen LogP contribution in [0.1, 0.15) is 39.2 Å². The van der Waals surface area contributed by atoms with Crippen molar-refractivity contribution in [2.45, 2.75) is 51.4 Å². The summed E-state index contributed by atoms with van der Waals surface area (Å²) in [6.07, 6.45) is 7.36. The maximum Gasteiger partial charge on any atom is 0.262 e. The van der Waals surface area contributed by atoms with Gasteiger partial charge in [-0.1, -0.05) is 118 Å². The molecule has 0 heterocycles. The van der Waals surface area contributed by atoms with Gasteiger partial charge >= 0.3 is 0 Å². The lowest BCUT2D eigenvalue weighted by Gasteiger charge is -2.44. The molecule has 0 aliphatic carbocycles. The summed E-state index contributed by atoms with van der Waals surface area (Å²) >= 11 is 0. The smallest absolute Gasteiger partial charge is 0.262 e. The normalized spacial score (nSPS) is 12.8. The molecule has 3 aromatic rings. The van der Waals surface area contributed by atoms with E-state index in [0.29, 0.717) is 13.2 Å². The van der Waals surface area contributed by atoms with Crippen LogP contribution in [-0.2, 0) is 15.8 Å². The molecule has 32 heavy (non-hydrogen) atoms. The molecule has 0 aliphatic rings. The lowest BCUT2D eigenvalue weighted by molar-refractivity contribution is 0.108. The average Bonchev–Trinajstić information content (AvgIpc) is 2.82. The van der Waals surface area contributed by atoms with Crippen molar-refractivity contribution >= 4 is 18.7 Å². The van der Waals surface area contributed by atoms with Gasteiger partial charge in [0.15, 0.2) is 0 Å². The Bertz CT molecular complexity index is 933. The van der Waals surface area contributed by atoms with Crippen LogP contribution in [0.2, 0.25) is 5.04 Å². The van der Waals surface area contributed by atoms with E-state index in [1.54, 1.807) is 0 Å². The Balaban J connectivity index is 1.77. The predicted molar refractivity (Wildman–Crippen MR) is 137 cm³/mol. The maximum atomic E-state index is 7.04. The van der Waals surface area contributed by atoms with E-state index in [1.165, 1.54) is 15.9 Å². The first-order chi connectivity index (χ1) is 15.5. The van der Waals surface area contributed by atoms with Gasteiger partial charge in [0, 0.05) is 6.61 Å². The van der Waals surface area contributed by atoms with E-state index in [1.807, 2.05) is 18.2 Å². The van der Waals surface area contributed by atoms with Crippen LogP contribution in [0.5, 0.6) is 0 Å². The predicted octanol–water partition coefficient (Wildman–Crippen LogP) is 5.56. The minimum atomic E-state index is -2.64. The minimum absolute atomic E-state index is 0.0887. The van der Waals surface area contributed by atoms with Gasteiger partial charge in [0.05, 0.1) is 6.61 Å². The highest BCUT2D eigenvalue weighted by Crippen LogP contribution is 2.37. The first kappa shape index (κ1) is 24.0. The number of ether oxygens (including phenoxy) is 1. The molecule has 3 aromatic carbocycles. The quantitative estimate of drug-likeness (QED) is 0.232. The highest BCUT2D eigenvalue weighted by atomic mass is 28.4. The average molecular weight is 443 g/mol. The largest absolute Gasteiger partial charge is 0.394 e. The lowest BCUT2D eigenvalue weighted by atomic mass is 10.2. The fourth-order valence-electron chi connectivity index (χ4n) is 4.22. The summed E-state index contributed by atoms with van der Waals surface area (Å²) in [6.45, 7) is 8.11. The van der Waals surface area contributed by atoms with Crippen molar-refractivity contribution in [1.82, 2.24) is 0 Å². The molecule has 3 rings (SSSR count). The minimum Gasteiger partial charge on any atom is -0.394 e. The number of terminal acetylenes is 1. The zero-order chi connectivity index (χ0) is 22.9. The summed E-state index contributed by atoms with van der Waals surface area (Å²) in [4.78, 5) is 0. The fraction of sp³-hybridized carbons (Fsp3) is 0.310. The third-order valence-electron chi connectivity index (χ3n) is 5.79. The number of hydrogen-bond donors (Lipinski definition) is 0. The van der Waals surface area contributed by atoms with Crippen molar-refractivity contribution in [2.75, 3.05) is 6.61 Å². The van der Waals surface area contributed by atoms with E-state index in [-0.39, 0.29) is 11.1 Å². The van der Waals surface area contributed by atoms with Crippen LogP contribution in [-0.4, -0.2) is 21.0 Å². The molecule has 0 N–H and O–H groups in total. The van der Waals surface area contributed by atoms with Crippen molar-refractivity contribution in [1.29, 1.82) is 0 Å². The number of benzene rings is 3. The summed E-state index contributed by atoms with van der Waals surface area (Å²) in [5.41, 5.74) is 1.18. The van der Waals surface area contributed by atoms with Crippen molar-refractivity contribution in [3.05, 3.63) is 96.6 Å². The van der Waals surface area contributed by atoms with Gasteiger partial charge in [-0.25, -0.2) is 0 Å². The summed E-state index contributed by atoms with van der Waals surface area (Å²) in [6, 6.07) is 31.5. The first-order valence-electron chi connectivity index (χ1n) is 11.3. The Morgan fingerprint density at radius 3 is 1.78 bits per heavy atom. The van der Waals surface area contributed by atoms with Gasteiger partial charge in [-0.15, -0.1) is 6.42 Å². The van der Waals surface area contributed by atoms with Crippen molar-refractivity contribution < 1.29 is 9.16 Å². The highest BCUT2D eigenvalue weighted by Gasteiger charge is 2.51. The maximum absolute atomic E-state index is 7.04. The number of rotatable bonds is 10. The van der Waals surface area contributed by atoms with E-state index in [9.17, 15) is 0 Å². The van der Waals surface area contributed by atoms with E-state index >= 15 is 0 Å².